The molecule has 0 atom stereocenters. The van der Waals surface area contributed by atoms with Gasteiger partial charge in [0.2, 0.25) is 0 Å². The number of nitrogens with zero attached hydrogens (tertiary/aromatic N) is 1. The molecule has 0 aliphatic carbocycles. The van der Waals surface area contributed by atoms with Gasteiger partial charge in [0.1, 0.15) is 11.5 Å². The SMILES string of the molecule is Cc1ccc(Cl)c(Oc2cc(CO)nc3ccccc23)c1. The molecule has 0 radical (unpaired) electrons. The summed E-state index contributed by atoms with van der Waals surface area (Å²) in [6, 6.07) is 15.0. The molecule has 0 aliphatic rings. The number of aryl methyl sites for hydroxylation is 1. The zero-order valence-electron chi connectivity index (χ0n) is 11.5. The van der Waals surface area contributed by atoms with Crippen LogP contribution in [-0.4, -0.2) is 10.1 Å². The topological polar surface area (TPSA) is 42.4 Å². The first kappa shape index (κ1) is 13.9. The van der Waals surface area contributed by atoms with E-state index in [9.17, 15) is 5.11 Å². The Morgan fingerprint density at radius 3 is 2.71 bits per heavy atom. The van der Waals surface area contributed by atoms with Gasteiger partial charge < -0.3 is 9.84 Å². The van der Waals surface area contributed by atoms with E-state index >= 15 is 0 Å². The Morgan fingerprint density at radius 2 is 1.90 bits per heavy atom. The van der Waals surface area contributed by atoms with Crippen molar-refractivity contribution in [3.63, 3.8) is 0 Å². The summed E-state index contributed by atoms with van der Waals surface area (Å²) in [5.74, 6) is 1.23. The van der Waals surface area contributed by atoms with Crippen LogP contribution in [-0.2, 0) is 6.61 Å². The van der Waals surface area contributed by atoms with Gasteiger partial charge in [-0.3, -0.25) is 4.98 Å². The maximum Gasteiger partial charge on any atom is 0.146 e. The number of benzene rings is 2. The predicted molar refractivity (Wildman–Crippen MR) is 83.9 cm³/mol. The smallest absolute Gasteiger partial charge is 0.146 e. The van der Waals surface area contributed by atoms with Crippen molar-refractivity contribution in [2.24, 2.45) is 0 Å². The summed E-state index contributed by atoms with van der Waals surface area (Å²) in [5.41, 5.74) is 2.41. The van der Waals surface area contributed by atoms with Crippen molar-refractivity contribution in [1.82, 2.24) is 4.98 Å². The molecule has 21 heavy (non-hydrogen) atoms. The Balaban J connectivity index is 2.13. The van der Waals surface area contributed by atoms with E-state index in [0.717, 1.165) is 16.5 Å². The highest BCUT2D eigenvalue weighted by Gasteiger charge is 2.09. The number of para-hydroxylation sites is 1. The number of aliphatic hydroxyl groups is 1. The molecule has 2 aromatic carbocycles. The highest BCUT2D eigenvalue weighted by Crippen LogP contribution is 2.34. The molecule has 3 nitrogen and oxygen atoms in total. The van der Waals surface area contributed by atoms with E-state index in [1.54, 1.807) is 6.07 Å². The molecule has 4 heteroatoms. The molecule has 0 saturated carbocycles. The summed E-state index contributed by atoms with van der Waals surface area (Å²) in [6.07, 6.45) is 0. The van der Waals surface area contributed by atoms with Crippen molar-refractivity contribution < 1.29 is 9.84 Å². The molecule has 106 valence electrons. The predicted octanol–water partition coefficient (Wildman–Crippen LogP) is 4.48. The van der Waals surface area contributed by atoms with Crippen LogP contribution in [0.2, 0.25) is 5.02 Å². The number of rotatable bonds is 3. The average molecular weight is 300 g/mol. The van der Waals surface area contributed by atoms with Crippen molar-refractivity contribution in [3.8, 4) is 11.5 Å². The van der Waals surface area contributed by atoms with Gasteiger partial charge in [-0.15, -0.1) is 0 Å². The fourth-order valence-electron chi connectivity index (χ4n) is 2.17. The molecule has 1 heterocycles. The largest absolute Gasteiger partial charge is 0.455 e. The van der Waals surface area contributed by atoms with E-state index in [1.807, 2.05) is 49.4 Å². The average Bonchev–Trinajstić information content (AvgIpc) is 2.50. The molecule has 0 saturated heterocycles. The monoisotopic (exact) mass is 299 g/mol. The van der Waals surface area contributed by atoms with E-state index in [1.165, 1.54) is 0 Å². The molecule has 0 aliphatic heterocycles. The lowest BCUT2D eigenvalue weighted by molar-refractivity contribution is 0.277. The van der Waals surface area contributed by atoms with Crippen LogP contribution >= 0.6 is 11.6 Å². The molecule has 0 unspecified atom stereocenters. The van der Waals surface area contributed by atoms with Crippen molar-refractivity contribution >= 4 is 22.5 Å². The minimum Gasteiger partial charge on any atom is -0.455 e. The highest BCUT2D eigenvalue weighted by atomic mass is 35.5. The number of hydrogen-bond donors (Lipinski definition) is 1. The second-order valence-corrected chi connectivity index (χ2v) is 5.23. The minimum absolute atomic E-state index is 0.136. The van der Waals surface area contributed by atoms with E-state index in [2.05, 4.69) is 4.98 Å². The van der Waals surface area contributed by atoms with Gasteiger partial charge in [0, 0.05) is 11.5 Å². The molecular formula is C17H14ClNO2. The lowest BCUT2D eigenvalue weighted by atomic mass is 10.2. The third-order valence-corrected chi connectivity index (χ3v) is 3.51. The van der Waals surface area contributed by atoms with E-state index in [-0.39, 0.29) is 6.61 Å². The standard InChI is InChI=1S/C17H14ClNO2/c1-11-6-7-14(18)17(8-11)21-16-9-12(10-20)19-15-5-3-2-4-13(15)16/h2-9,20H,10H2,1H3. The van der Waals surface area contributed by atoms with Crippen molar-refractivity contribution in [1.29, 1.82) is 0 Å². The zero-order chi connectivity index (χ0) is 14.8. The van der Waals surface area contributed by atoms with Crippen LogP contribution in [0.4, 0.5) is 0 Å². The molecule has 0 bridgehead atoms. The Kier molecular flexibility index (Phi) is 3.78. The maximum atomic E-state index is 9.34. The zero-order valence-corrected chi connectivity index (χ0v) is 12.3. The minimum atomic E-state index is -0.136. The normalized spacial score (nSPS) is 10.8. The van der Waals surface area contributed by atoms with Crippen LogP contribution in [0.1, 0.15) is 11.3 Å². The van der Waals surface area contributed by atoms with Gasteiger partial charge in [0.15, 0.2) is 0 Å². The lowest BCUT2D eigenvalue weighted by Crippen LogP contribution is -1.94. The van der Waals surface area contributed by atoms with Gasteiger partial charge in [-0.05, 0) is 36.8 Å². The molecule has 0 spiro atoms. The van der Waals surface area contributed by atoms with Gasteiger partial charge in [0.25, 0.3) is 0 Å². The highest BCUT2D eigenvalue weighted by molar-refractivity contribution is 6.32. The van der Waals surface area contributed by atoms with Crippen LogP contribution in [0.15, 0.2) is 48.5 Å². The quantitative estimate of drug-likeness (QED) is 0.775. The number of fused-ring (bicyclic) bond motifs is 1. The number of hydrogen-bond acceptors (Lipinski definition) is 3. The second kappa shape index (κ2) is 5.72. The van der Waals surface area contributed by atoms with Crippen LogP contribution in [0.25, 0.3) is 10.9 Å². The molecule has 1 aromatic heterocycles. The first-order valence-corrected chi connectivity index (χ1v) is 6.98. The Labute approximate surface area is 127 Å². The Bertz CT molecular complexity index is 802. The van der Waals surface area contributed by atoms with Gasteiger partial charge in [-0.1, -0.05) is 29.8 Å². The van der Waals surface area contributed by atoms with Gasteiger partial charge in [0.05, 0.1) is 22.8 Å². The maximum absolute atomic E-state index is 9.34. The van der Waals surface area contributed by atoms with Crippen LogP contribution < -0.4 is 4.74 Å². The fourth-order valence-corrected chi connectivity index (χ4v) is 2.32. The van der Waals surface area contributed by atoms with E-state index < -0.39 is 0 Å². The fraction of sp³-hybridized carbons (Fsp3) is 0.118. The molecular weight excluding hydrogens is 286 g/mol. The number of halogens is 1. The van der Waals surface area contributed by atoms with Gasteiger partial charge in [-0.25, -0.2) is 0 Å². The molecule has 0 fully saturated rings. The summed E-state index contributed by atoms with van der Waals surface area (Å²) < 4.78 is 5.96. The first-order chi connectivity index (χ1) is 10.2. The lowest BCUT2D eigenvalue weighted by Gasteiger charge is -2.12. The van der Waals surface area contributed by atoms with Gasteiger partial charge in [-0.2, -0.15) is 0 Å². The first-order valence-electron chi connectivity index (χ1n) is 6.61. The van der Waals surface area contributed by atoms with Crippen molar-refractivity contribution in [2.45, 2.75) is 13.5 Å². The number of pyridine rings is 1. The third-order valence-electron chi connectivity index (χ3n) is 3.20. The second-order valence-electron chi connectivity index (χ2n) is 4.82. The van der Waals surface area contributed by atoms with Gasteiger partial charge >= 0.3 is 0 Å². The summed E-state index contributed by atoms with van der Waals surface area (Å²) in [6.45, 7) is 1.84. The van der Waals surface area contributed by atoms with Crippen molar-refractivity contribution in [3.05, 3.63) is 64.8 Å². The molecule has 3 aromatic rings. The van der Waals surface area contributed by atoms with Crippen LogP contribution in [0, 0.1) is 6.92 Å². The Morgan fingerprint density at radius 1 is 1.10 bits per heavy atom. The van der Waals surface area contributed by atoms with Crippen LogP contribution in [0.3, 0.4) is 0 Å². The van der Waals surface area contributed by atoms with Crippen LogP contribution in [0.5, 0.6) is 11.5 Å². The molecule has 1 N–H and O–H groups in total. The van der Waals surface area contributed by atoms with Crippen molar-refractivity contribution in [2.75, 3.05) is 0 Å². The summed E-state index contributed by atoms with van der Waals surface area (Å²) in [5, 5.41) is 10.8. The Hall–Kier alpha value is -2.10. The molecule has 3 rings (SSSR count). The summed E-state index contributed by atoms with van der Waals surface area (Å²) in [7, 11) is 0. The third kappa shape index (κ3) is 2.84. The number of aliphatic hydroxyl groups excluding tert-OH is 1. The number of ether oxygens (including phenoxy) is 1. The molecule has 0 amide bonds. The van der Waals surface area contributed by atoms with E-state index in [4.69, 9.17) is 16.3 Å². The summed E-state index contributed by atoms with van der Waals surface area (Å²) >= 11 is 6.18. The summed E-state index contributed by atoms with van der Waals surface area (Å²) in [4.78, 5) is 4.37. The number of aromatic nitrogens is 1. The van der Waals surface area contributed by atoms with E-state index in [0.29, 0.717) is 22.2 Å².